The van der Waals surface area contributed by atoms with Gasteiger partial charge in [0.15, 0.2) is 5.65 Å². The summed E-state index contributed by atoms with van der Waals surface area (Å²) in [7, 11) is 1.77. The first kappa shape index (κ1) is 15.6. The largest absolute Gasteiger partial charge is 0.336 e. The number of carbonyl (C=O) groups excluding carboxylic acids is 1. The minimum atomic E-state index is -0.125. The number of carbonyl (C=O) groups is 1. The van der Waals surface area contributed by atoms with Crippen molar-refractivity contribution >= 4 is 17.1 Å². The Morgan fingerprint density at radius 1 is 1.32 bits per heavy atom. The maximum atomic E-state index is 12.5. The van der Waals surface area contributed by atoms with E-state index in [0.29, 0.717) is 25.6 Å². The maximum absolute atomic E-state index is 12.5. The van der Waals surface area contributed by atoms with E-state index in [0.717, 1.165) is 24.0 Å². The van der Waals surface area contributed by atoms with Crippen LogP contribution in [0.25, 0.3) is 11.2 Å². The van der Waals surface area contributed by atoms with Gasteiger partial charge in [-0.25, -0.2) is 14.8 Å². The van der Waals surface area contributed by atoms with Crippen LogP contribution in [0, 0.1) is 5.92 Å². The first-order valence-electron chi connectivity index (χ1n) is 8.30. The number of hydrogen-bond acceptors (Lipinski definition) is 5. The van der Waals surface area contributed by atoms with E-state index in [9.17, 15) is 9.59 Å². The molecule has 0 radical (unpaired) electrons. The van der Waals surface area contributed by atoms with Gasteiger partial charge in [0.2, 0.25) is 5.82 Å². The molecule has 130 valence electrons. The monoisotopic (exact) mass is 341 g/mol. The fraction of sp³-hybridized carbons (Fsp3) is 0.438. The second-order valence-electron chi connectivity index (χ2n) is 6.37. The third-order valence-corrected chi connectivity index (χ3v) is 4.86. The van der Waals surface area contributed by atoms with Crippen molar-refractivity contribution in [2.45, 2.75) is 19.4 Å². The molecule has 0 aliphatic carbocycles. The summed E-state index contributed by atoms with van der Waals surface area (Å²) in [6.45, 7) is 1.92. The molecule has 0 saturated carbocycles. The van der Waals surface area contributed by atoms with Crippen molar-refractivity contribution in [3.8, 4) is 0 Å². The Morgan fingerprint density at radius 3 is 2.84 bits per heavy atom. The van der Waals surface area contributed by atoms with Gasteiger partial charge in [-0.3, -0.25) is 19.0 Å². The van der Waals surface area contributed by atoms with Crippen molar-refractivity contribution in [2.24, 2.45) is 13.0 Å². The van der Waals surface area contributed by atoms with E-state index in [1.807, 2.05) is 12.1 Å². The number of nitrogens with zero attached hydrogens (tertiary/aromatic N) is 6. The lowest BCUT2D eigenvalue weighted by molar-refractivity contribution is 0.0671. The highest BCUT2D eigenvalue weighted by atomic mass is 16.2. The predicted molar refractivity (Wildman–Crippen MR) is 90.0 cm³/mol. The van der Waals surface area contributed by atoms with E-state index in [-0.39, 0.29) is 17.4 Å². The van der Waals surface area contributed by atoms with Crippen LogP contribution in [0.4, 0.5) is 0 Å². The third-order valence-electron chi connectivity index (χ3n) is 4.86. The second-order valence-corrected chi connectivity index (χ2v) is 6.37. The van der Waals surface area contributed by atoms with Gasteiger partial charge >= 0.3 is 5.69 Å². The molecule has 3 aromatic heterocycles. The number of aromatic nitrogens is 6. The molecule has 1 aliphatic rings. The summed E-state index contributed by atoms with van der Waals surface area (Å²) in [6.07, 6.45) is 4.72. The SMILES string of the molecule is Cn1c(=O)n(CC2CCN(C(=O)c3ncn[nH]3)CC2)c2ncccc21. The number of fused-ring (bicyclic) bond motifs is 1. The molecule has 4 rings (SSSR count). The topological polar surface area (TPSA) is 102 Å². The lowest BCUT2D eigenvalue weighted by Crippen LogP contribution is -2.40. The number of pyridine rings is 1. The summed E-state index contributed by atoms with van der Waals surface area (Å²) in [6, 6.07) is 3.73. The highest BCUT2D eigenvalue weighted by Crippen LogP contribution is 2.21. The average Bonchev–Trinajstić information content (AvgIpc) is 3.26. The molecule has 0 atom stereocenters. The van der Waals surface area contributed by atoms with E-state index in [1.165, 1.54) is 6.33 Å². The molecule has 0 unspecified atom stereocenters. The van der Waals surface area contributed by atoms with Gasteiger partial charge in [-0.05, 0) is 30.9 Å². The Labute approximate surface area is 143 Å². The summed E-state index contributed by atoms with van der Waals surface area (Å²) < 4.78 is 3.37. The first-order valence-corrected chi connectivity index (χ1v) is 8.30. The molecule has 9 nitrogen and oxygen atoms in total. The normalized spacial score (nSPS) is 15.8. The van der Waals surface area contributed by atoms with Crippen LogP contribution in [-0.4, -0.2) is 53.2 Å². The molecular formula is C16H19N7O2. The van der Waals surface area contributed by atoms with Crippen LogP contribution in [0.1, 0.15) is 23.5 Å². The molecule has 4 heterocycles. The van der Waals surface area contributed by atoms with Crippen molar-refractivity contribution in [1.29, 1.82) is 0 Å². The number of rotatable bonds is 3. The van der Waals surface area contributed by atoms with E-state index < -0.39 is 0 Å². The maximum Gasteiger partial charge on any atom is 0.330 e. The summed E-state index contributed by atoms with van der Waals surface area (Å²) in [5.74, 6) is 0.483. The molecule has 1 saturated heterocycles. The van der Waals surface area contributed by atoms with Crippen LogP contribution < -0.4 is 5.69 Å². The Morgan fingerprint density at radius 2 is 2.12 bits per heavy atom. The van der Waals surface area contributed by atoms with Gasteiger partial charge in [-0.1, -0.05) is 0 Å². The number of aromatic amines is 1. The number of amides is 1. The van der Waals surface area contributed by atoms with Crippen LogP contribution in [0.5, 0.6) is 0 Å². The van der Waals surface area contributed by atoms with Crippen LogP contribution in [0.15, 0.2) is 29.5 Å². The number of hydrogen-bond donors (Lipinski definition) is 1. The number of imidazole rings is 1. The molecule has 1 aliphatic heterocycles. The van der Waals surface area contributed by atoms with Gasteiger partial charge in [0, 0.05) is 32.9 Å². The molecule has 9 heteroatoms. The Bertz CT molecular complexity index is 949. The van der Waals surface area contributed by atoms with E-state index in [1.54, 1.807) is 27.3 Å². The Hall–Kier alpha value is -2.97. The van der Waals surface area contributed by atoms with E-state index in [4.69, 9.17) is 0 Å². The number of likely N-dealkylation sites (tertiary alicyclic amines) is 1. The predicted octanol–water partition coefficient (Wildman–Crippen LogP) is 0.406. The standard InChI is InChI=1S/C16H19N7O2/c1-21-12-3-2-6-17-14(12)23(16(21)25)9-11-4-7-22(8-5-11)15(24)13-18-10-19-20-13/h2-3,6,10-11H,4-5,7-9H2,1H3,(H,18,19,20). The third kappa shape index (κ3) is 2.71. The quantitative estimate of drug-likeness (QED) is 0.743. The first-order chi connectivity index (χ1) is 12.1. The van der Waals surface area contributed by atoms with Gasteiger partial charge in [0.25, 0.3) is 5.91 Å². The summed E-state index contributed by atoms with van der Waals surface area (Å²) in [5.41, 5.74) is 1.51. The van der Waals surface area contributed by atoms with Crippen molar-refractivity contribution in [1.82, 2.24) is 34.2 Å². The average molecular weight is 341 g/mol. The number of H-pyrrole nitrogens is 1. The molecule has 25 heavy (non-hydrogen) atoms. The van der Waals surface area contributed by atoms with E-state index >= 15 is 0 Å². The molecule has 1 amide bonds. The lowest BCUT2D eigenvalue weighted by atomic mass is 9.96. The van der Waals surface area contributed by atoms with Crippen LogP contribution in [0.2, 0.25) is 0 Å². The van der Waals surface area contributed by atoms with Crippen LogP contribution >= 0.6 is 0 Å². The zero-order valence-electron chi connectivity index (χ0n) is 13.9. The molecule has 0 spiro atoms. The smallest absolute Gasteiger partial charge is 0.330 e. The second kappa shape index (κ2) is 6.15. The fourth-order valence-electron chi connectivity index (χ4n) is 3.43. The minimum absolute atomic E-state index is 0.0473. The molecule has 0 bridgehead atoms. The Balaban J connectivity index is 1.47. The zero-order valence-corrected chi connectivity index (χ0v) is 13.9. The lowest BCUT2D eigenvalue weighted by Gasteiger charge is -2.31. The number of piperidine rings is 1. The van der Waals surface area contributed by atoms with Gasteiger partial charge in [0.1, 0.15) is 6.33 Å². The van der Waals surface area contributed by atoms with Crippen molar-refractivity contribution in [3.05, 3.63) is 41.0 Å². The molecule has 0 aromatic carbocycles. The molecule has 1 fully saturated rings. The fourth-order valence-corrected chi connectivity index (χ4v) is 3.43. The molecule has 3 aromatic rings. The van der Waals surface area contributed by atoms with Gasteiger partial charge in [-0.2, -0.15) is 5.10 Å². The van der Waals surface area contributed by atoms with Crippen molar-refractivity contribution < 1.29 is 4.79 Å². The van der Waals surface area contributed by atoms with Crippen LogP contribution in [0.3, 0.4) is 0 Å². The van der Waals surface area contributed by atoms with Gasteiger partial charge in [-0.15, -0.1) is 0 Å². The number of aryl methyl sites for hydroxylation is 1. The molecular weight excluding hydrogens is 322 g/mol. The summed E-state index contributed by atoms with van der Waals surface area (Å²) >= 11 is 0. The highest BCUT2D eigenvalue weighted by molar-refractivity contribution is 5.90. The highest BCUT2D eigenvalue weighted by Gasteiger charge is 2.26. The Kier molecular flexibility index (Phi) is 3.83. The summed E-state index contributed by atoms with van der Waals surface area (Å²) in [4.78, 5) is 34.8. The van der Waals surface area contributed by atoms with Crippen molar-refractivity contribution in [2.75, 3.05) is 13.1 Å². The van der Waals surface area contributed by atoms with E-state index in [2.05, 4.69) is 20.2 Å². The van der Waals surface area contributed by atoms with Gasteiger partial charge < -0.3 is 4.90 Å². The molecule has 1 N–H and O–H groups in total. The minimum Gasteiger partial charge on any atom is -0.336 e. The van der Waals surface area contributed by atoms with Gasteiger partial charge in [0.05, 0.1) is 5.52 Å². The van der Waals surface area contributed by atoms with Crippen LogP contribution in [-0.2, 0) is 13.6 Å². The zero-order chi connectivity index (χ0) is 17.4. The number of nitrogens with one attached hydrogen (secondary N) is 1. The summed E-state index contributed by atoms with van der Waals surface area (Å²) in [5, 5.41) is 6.33. The van der Waals surface area contributed by atoms with Crippen molar-refractivity contribution in [3.63, 3.8) is 0 Å².